The van der Waals surface area contributed by atoms with Crippen LogP contribution in [0.4, 0.5) is 5.69 Å². The summed E-state index contributed by atoms with van der Waals surface area (Å²) in [6.07, 6.45) is 2.13. The summed E-state index contributed by atoms with van der Waals surface area (Å²) < 4.78 is 5.48. The van der Waals surface area contributed by atoms with E-state index in [1.165, 1.54) is 0 Å². The van der Waals surface area contributed by atoms with Gasteiger partial charge in [0.05, 0.1) is 16.7 Å². The first-order chi connectivity index (χ1) is 12.1. The van der Waals surface area contributed by atoms with Gasteiger partial charge in [0.2, 0.25) is 0 Å². The normalized spacial score (nSPS) is 16.4. The Morgan fingerprint density at radius 2 is 1.84 bits per heavy atom. The molecule has 2 N–H and O–H groups in total. The highest BCUT2D eigenvalue weighted by Gasteiger charge is 2.16. The van der Waals surface area contributed by atoms with Gasteiger partial charge in [-0.2, -0.15) is 0 Å². The van der Waals surface area contributed by atoms with Gasteiger partial charge in [-0.15, -0.1) is 0 Å². The second-order valence-corrected chi connectivity index (χ2v) is 6.26. The maximum absolute atomic E-state index is 12.2. The average molecular weight is 359 g/mol. The lowest BCUT2D eigenvalue weighted by Crippen LogP contribution is -2.31. The van der Waals surface area contributed by atoms with E-state index < -0.39 is 0 Å². The van der Waals surface area contributed by atoms with Crippen molar-refractivity contribution in [3.8, 4) is 0 Å². The van der Waals surface area contributed by atoms with Crippen LogP contribution in [0.2, 0.25) is 5.02 Å². The lowest BCUT2D eigenvalue weighted by atomic mass is 10.1. The van der Waals surface area contributed by atoms with Crippen LogP contribution in [0, 0.1) is 0 Å². The third kappa shape index (κ3) is 4.59. The molecule has 130 valence electrons. The quantitative estimate of drug-likeness (QED) is 0.859. The summed E-state index contributed by atoms with van der Waals surface area (Å²) in [5.74, 6) is -0.444. The largest absolute Gasteiger partial charge is 0.376 e. The molecule has 0 spiro atoms. The summed E-state index contributed by atoms with van der Waals surface area (Å²) in [5.41, 5.74) is 1.54. The van der Waals surface area contributed by atoms with Gasteiger partial charge in [0, 0.05) is 24.4 Å². The Kier molecular flexibility index (Phi) is 5.68. The number of halogens is 1. The molecular formula is C19H19ClN2O3. The molecule has 0 radical (unpaired) electrons. The SMILES string of the molecule is O=C(NC[C@H]1CCCO1)c1ccc(NC(=O)c2ccccc2Cl)cc1. The van der Waals surface area contributed by atoms with Crippen LogP contribution < -0.4 is 10.6 Å². The van der Waals surface area contributed by atoms with E-state index in [0.29, 0.717) is 28.4 Å². The lowest BCUT2D eigenvalue weighted by molar-refractivity contribution is 0.0857. The van der Waals surface area contributed by atoms with Crippen LogP contribution in [0.15, 0.2) is 48.5 Å². The molecule has 2 aromatic rings. The van der Waals surface area contributed by atoms with Crippen LogP contribution >= 0.6 is 11.6 Å². The average Bonchev–Trinajstić information content (AvgIpc) is 3.14. The molecule has 0 bridgehead atoms. The second kappa shape index (κ2) is 8.14. The number of ether oxygens (including phenoxy) is 1. The molecule has 0 saturated carbocycles. The first-order valence-corrected chi connectivity index (χ1v) is 8.57. The monoisotopic (exact) mass is 358 g/mol. The lowest BCUT2D eigenvalue weighted by Gasteiger charge is -2.11. The molecule has 5 nitrogen and oxygen atoms in total. The van der Waals surface area contributed by atoms with Crippen LogP contribution in [0.25, 0.3) is 0 Å². The molecule has 2 aromatic carbocycles. The van der Waals surface area contributed by atoms with Crippen LogP contribution in [-0.2, 0) is 4.74 Å². The number of nitrogens with one attached hydrogen (secondary N) is 2. The van der Waals surface area contributed by atoms with Crippen molar-refractivity contribution in [3.05, 3.63) is 64.7 Å². The molecule has 25 heavy (non-hydrogen) atoms. The van der Waals surface area contributed by atoms with Crippen LogP contribution in [0.1, 0.15) is 33.6 Å². The topological polar surface area (TPSA) is 67.4 Å². The molecular weight excluding hydrogens is 340 g/mol. The Bertz CT molecular complexity index is 756. The summed E-state index contributed by atoms with van der Waals surface area (Å²) in [5, 5.41) is 6.03. The number of carbonyl (C=O) groups is 2. The van der Waals surface area contributed by atoms with E-state index in [9.17, 15) is 9.59 Å². The van der Waals surface area contributed by atoms with Gasteiger partial charge in [-0.05, 0) is 49.2 Å². The second-order valence-electron chi connectivity index (χ2n) is 5.86. The van der Waals surface area contributed by atoms with E-state index >= 15 is 0 Å². The zero-order valence-corrected chi connectivity index (χ0v) is 14.4. The summed E-state index contributed by atoms with van der Waals surface area (Å²) in [6.45, 7) is 1.28. The van der Waals surface area contributed by atoms with E-state index in [1.54, 1.807) is 48.5 Å². The highest BCUT2D eigenvalue weighted by atomic mass is 35.5. The Morgan fingerprint density at radius 1 is 1.08 bits per heavy atom. The van der Waals surface area contributed by atoms with Crippen molar-refractivity contribution in [2.24, 2.45) is 0 Å². The molecule has 1 heterocycles. The van der Waals surface area contributed by atoms with E-state index in [1.807, 2.05) is 0 Å². The number of hydrogen-bond donors (Lipinski definition) is 2. The Labute approximate surface area is 151 Å². The van der Waals surface area contributed by atoms with Crippen molar-refractivity contribution in [2.45, 2.75) is 18.9 Å². The highest BCUT2D eigenvalue weighted by molar-refractivity contribution is 6.34. The van der Waals surface area contributed by atoms with Crippen molar-refractivity contribution >= 4 is 29.1 Å². The minimum atomic E-state index is -0.291. The Morgan fingerprint density at radius 3 is 2.52 bits per heavy atom. The van der Waals surface area contributed by atoms with Gasteiger partial charge in [-0.1, -0.05) is 23.7 Å². The van der Waals surface area contributed by atoms with Crippen molar-refractivity contribution in [1.29, 1.82) is 0 Å². The molecule has 1 atom stereocenters. The van der Waals surface area contributed by atoms with Crippen LogP contribution in [0.3, 0.4) is 0 Å². The van der Waals surface area contributed by atoms with Gasteiger partial charge >= 0.3 is 0 Å². The number of hydrogen-bond acceptors (Lipinski definition) is 3. The van der Waals surface area contributed by atoms with Gasteiger partial charge in [0.15, 0.2) is 0 Å². The Balaban J connectivity index is 1.57. The summed E-state index contributed by atoms with van der Waals surface area (Å²) in [4.78, 5) is 24.3. The van der Waals surface area contributed by atoms with E-state index in [-0.39, 0.29) is 17.9 Å². The van der Waals surface area contributed by atoms with Crippen molar-refractivity contribution < 1.29 is 14.3 Å². The number of amides is 2. The van der Waals surface area contributed by atoms with E-state index in [2.05, 4.69) is 10.6 Å². The standard InChI is InChI=1S/C19H19ClN2O3/c20-17-6-2-1-5-16(17)19(24)22-14-9-7-13(8-10-14)18(23)21-12-15-4-3-11-25-15/h1-2,5-10,15H,3-4,11-12H2,(H,21,23)(H,22,24)/t15-/m1/s1. The predicted octanol–water partition coefficient (Wildman–Crippen LogP) is 3.50. The molecule has 3 rings (SSSR count). The molecule has 1 aliphatic heterocycles. The molecule has 0 unspecified atom stereocenters. The molecule has 6 heteroatoms. The van der Waals surface area contributed by atoms with Gasteiger partial charge in [0.25, 0.3) is 11.8 Å². The first-order valence-electron chi connectivity index (χ1n) is 8.19. The van der Waals surface area contributed by atoms with E-state index in [0.717, 1.165) is 19.4 Å². The van der Waals surface area contributed by atoms with Gasteiger partial charge in [-0.3, -0.25) is 9.59 Å². The molecule has 1 fully saturated rings. The molecule has 1 saturated heterocycles. The van der Waals surface area contributed by atoms with Crippen LogP contribution in [-0.4, -0.2) is 31.1 Å². The summed E-state index contributed by atoms with van der Waals surface area (Å²) >= 11 is 6.02. The fourth-order valence-electron chi connectivity index (χ4n) is 2.66. The summed E-state index contributed by atoms with van der Waals surface area (Å²) in [6, 6.07) is 13.6. The zero-order chi connectivity index (χ0) is 17.6. The predicted molar refractivity (Wildman–Crippen MR) is 97.2 cm³/mol. The zero-order valence-electron chi connectivity index (χ0n) is 13.6. The maximum Gasteiger partial charge on any atom is 0.257 e. The number of anilines is 1. The number of carbonyl (C=O) groups excluding carboxylic acids is 2. The summed E-state index contributed by atoms with van der Waals surface area (Å²) in [7, 11) is 0. The van der Waals surface area contributed by atoms with E-state index in [4.69, 9.17) is 16.3 Å². The maximum atomic E-state index is 12.2. The minimum absolute atomic E-state index is 0.109. The molecule has 0 aromatic heterocycles. The van der Waals surface area contributed by atoms with Gasteiger partial charge in [-0.25, -0.2) is 0 Å². The smallest absolute Gasteiger partial charge is 0.257 e. The molecule has 0 aliphatic carbocycles. The van der Waals surface area contributed by atoms with Gasteiger partial charge < -0.3 is 15.4 Å². The third-order valence-electron chi connectivity index (χ3n) is 4.04. The number of benzene rings is 2. The highest BCUT2D eigenvalue weighted by Crippen LogP contribution is 2.18. The fourth-order valence-corrected chi connectivity index (χ4v) is 2.88. The first kappa shape index (κ1) is 17.5. The van der Waals surface area contributed by atoms with Gasteiger partial charge in [0.1, 0.15) is 0 Å². The Hall–Kier alpha value is -2.37. The third-order valence-corrected chi connectivity index (χ3v) is 4.37. The van der Waals surface area contributed by atoms with Crippen molar-refractivity contribution in [1.82, 2.24) is 5.32 Å². The van der Waals surface area contributed by atoms with Crippen molar-refractivity contribution in [2.75, 3.05) is 18.5 Å². The minimum Gasteiger partial charge on any atom is -0.376 e. The molecule has 2 amide bonds. The van der Waals surface area contributed by atoms with Crippen LogP contribution in [0.5, 0.6) is 0 Å². The fraction of sp³-hybridized carbons (Fsp3) is 0.263. The molecule has 1 aliphatic rings. The van der Waals surface area contributed by atoms with Crippen molar-refractivity contribution in [3.63, 3.8) is 0 Å². The number of rotatable bonds is 5.